The monoisotopic (exact) mass is 210 g/mol. The van der Waals surface area contributed by atoms with Gasteiger partial charge in [-0.3, -0.25) is 0 Å². The Bertz CT molecular complexity index is 170. The lowest BCUT2D eigenvalue weighted by Crippen LogP contribution is -2.11. The van der Waals surface area contributed by atoms with E-state index in [1.165, 1.54) is 5.57 Å². The molecule has 0 heterocycles. The normalized spacial score (nSPS) is 10.2. The van der Waals surface area contributed by atoms with Crippen molar-refractivity contribution in [3.63, 3.8) is 0 Å². The molecule has 0 saturated carbocycles. The second-order valence-corrected chi connectivity index (χ2v) is 3.30. The van der Waals surface area contributed by atoms with Crippen LogP contribution in [-0.4, -0.2) is 0 Å². The third kappa shape index (κ3) is 9.52. The van der Waals surface area contributed by atoms with E-state index in [-0.39, 0.29) is 5.41 Å². The summed E-state index contributed by atoms with van der Waals surface area (Å²) in [6.07, 6.45) is 6.87. The Kier molecular flexibility index (Phi) is 17.4. The van der Waals surface area contributed by atoms with Crippen molar-refractivity contribution in [2.24, 2.45) is 5.41 Å². The second kappa shape index (κ2) is 13.2. The van der Waals surface area contributed by atoms with Gasteiger partial charge in [-0.15, -0.1) is 0 Å². The van der Waals surface area contributed by atoms with Crippen LogP contribution in [0, 0.1) is 5.41 Å². The summed E-state index contributed by atoms with van der Waals surface area (Å²) in [6.45, 7) is 22.1. The topological polar surface area (TPSA) is 0 Å². The van der Waals surface area contributed by atoms with E-state index < -0.39 is 0 Å². The molecule has 0 aliphatic carbocycles. The van der Waals surface area contributed by atoms with E-state index in [1.54, 1.807) is 0 Å². The van der Waals surface area contributed by atoms with E-state index in [0.29, 0.717) is 0 Å². The van der Waals surface area contributed by atoms with Crippen LogP contribution in [0.5, 0.6) is 0 Å². The largest absolute Gasteiger partial charge is 0.0991 e. The average Bonchev–Trinajstić information content (AvgIpc) is 2.31. The number of allylic oxidation sites excluding steroid dienone is 4. The van der Waals surface area contributed by atoms with Crippen molar-refractivity contribution in [2.75, 3.05) is 0 Å². The summed E-state index contributed by atoms with van der Waals surface area (Å²) in [5.41, 5.74) is 1.49. The molecule has 15 heavy (non-hydrogen) atoms. The molecule has 0 aliphatic heterocycles. The molecule has 0 fully saturated rings. The van der Waals surface area contributed by atoms with Gasteiger partial charge in [-0.25, -0.2) is 0 Å². The first kappa shape index (κ1) is 19.7. The molecule has 0 aromatic heterocycles. The zero-order valence-corrected chi connectivity index (χ0v) is 11.9. The molecule has 0 rings (SSSR count). The van der Waals surface area contributed by atoms with Gasteiger partial charge in [-0.2, -0.15) is 0 Å². The molecule has 0 heteroatoms. The van der Waals surface area contributed by atoms with E-state index in [9.17, 15) is 0 Å². The molecule has 0 amide bonds. The summed E-state index contributed by atoms with van der Waals surface area (Å²) < 4.78 is 0. The van der Waals surface area contributed by atoms with Crippen LogP contribution >= 0.6 is 0 Å². The first-order chi connectivity index (χ1) is 7.08. The number of rotatable bonds is 4. The van der Waals surface area contributed by atoms with Gasteiger partial charge in [0.2, 0.25) is 0 Å². The molecule has 0 saturated heterocycles. The van der Waals surface area contributed by atoms with Gasteiger partial charge in [0.15, 0.2) is 0 Å². The smallest absolute Gasteiger partial charge is 0.0106 e. The Morgan fingerprint density at radius 3 is 1.67 bits per heavy atom. The van der Waals surface area contributed by atoms with Gasteiger partial charge in [0.25, 0.3) is 0 Å². The molecule has 0 aromatic rings. The molecular weight excluding hydrogens is 180 g/mol. The summed E-state index contributed by atoms with van der Waals surface area (Å²) >= 11 is 0. The number of hydrogen-bond donors (Lipinski definition) is 0. The van der Waals surface area contributed by atoms with Gasteiger partial charge >= 0.3 is 0 Å². The van der Waals surface area contributed by atoms with Crippen LogP contribution in [0.3, 0.4) is 0 Å². The van der Waals surface area contributed by atoms with Gasteiger partial charge < -0.3 is 0 Å². The first-order valence-corrected chi connectivity index (χ1v) is 6.04. The Labute approximate surface area is 97.8 Å². The SMILES string of the molecule is C=C/C=C(\C=C)C(C)(C)CC.CC.CC. The summed E-state index contributed by atoms with van der Waals surface area (Å²) in [7, 11) is 0. The highest BCUT2D eigenvalue weighted by Crippen LogP contribution is 2.30. The van der Waals surface area contributed by atoms with Gasteiger partial charge in [-0.1, -0.05) is 79.9 Å². The molecule has 0 aliphatic rings. The molecular formula is C15H30. The van der Waals surface area contributed by atoms with Crippen LogP contribution in [0.2, 0.25) is 0 Å². The zero-order valence-electron chi connectivity index (χ0n) is 11.9. The van der Waals surface area contributed by atoms with Crippen LogP contribution in [0.15, 0.2) is 37.0 Å². The van der Waals surface area contributed by atoms with Crippen molar-refractivity contribution >= 4 is 0 Å². The standard InChI is InChI=1S/C11H18.2C2H6/c1-6-9-10(7-2)11(4,5)8-3;2*1-2/h6-7,9H,1-2,8H2,3-5H3;2*1-2H3/b10-9+;;. The van der Waals surface area contributed by atoms with Crippen LogP contribution in [0.1, 0.15) is 54.9 Å². The minimum Gasteiger partial charge on any atom is -0.0991 e. The van der Waals surface area contributed by atoms with Crippen LogP contribution < -0.4 is 0 Å². The average molecular weight is 210 g/mol. The summed E-state index contributed by atoms with van der Waals surface area (Å²) in [5.74, 6) is 0. The third-order valence-electron chi connectivity index (χ3n) is 2.18. The zero-order chi connectivity index (χ0) is 12.9. The minimum atomic E-state index is 0.232. The summed E-state index contributed by atoms with van der Waals surface area (Å²) in [4.78, 5) is 0. The van der Waals surface area contributed by atoms with Crippen molar-refractivity contribution in [1.29, 1.82) is 0 Å². The highest BCUT2D eigenvalue weighted by molar-refractivity contribution is 5.27. The van der Waals surface area contributed by atoms with Crippen LogP contribution in [0.25, 0.3) is 0 Å². The summed E-state index contributed by atoms with van der Waals surface area (Å²) in [6, 6.07) is 0. The Hall–Kier alpha value is -0.780. The van der Waals surface area contributed by atoms with E-state index in [1.807, 2.05) is 45.9 Å². The van der Waals surface area contributed by atoms with Crippen LogP contribution in [0.4, 0.5) is 0 Å². The maximum Gasteiger partial charge on any atom is -0.0106 e. The fourth-order valence-electron chi connectivity index (χ4n) is 0.901. The minimum absolute atomic E-state index is 0.232. The lowest BCUT2D eigenvalue weighted by molar-refractivity contribution is 0.440. The third-order valence-corrected chi connectivity index (χ3v) is 2.18. The van der Waals surface area contributed by atoms with Gasteiger partial charge in [-0.05, 0) is 17.4 Å². The predicted molar refractivity (Wildman–Crippen MR) is 75.2 cm³/mol. The molecule has 0 spiro atoms. The fourth-order valence-corrected chi connectivity index (χ4v) is 0.901. The van der Waals surface area contributed by atoms with E-state index in [0.717, 1.165) is 6.42 Å². The fraction of sp³-hybridized carbons (Fsp3) is 0.600. The van der Waals surface area contributed by atoms with Crippen LogP contribution in [-0.2, 0) is 0 Å². The molecule has 90 valence electrons. The Morgan fingerprint density at radius 2 is 1.47 bits per heavy atom. The molecule has 0 N–H and O–H groups in total. The maximum atomic E-state index is 3.78. The maximum absolute atomic E-state index is 3.78. The van der Waals surface area contributed by atoms with E-state index in [2.05, 4.69) is 33.9 Å². The van der Waals surface area contributed by atoms with Crippen molar-refractivity contribution in [1.82, 2.24) is 0 Å². The highest BCUT2D eigenvalue weighted by atomic mass is 14.2. The van der Waals surface area contributed by atoms with E-state index in [4.69, 9.17) is 0 Å². The van der Waals surface area contributed by atoms with Gasteiger partial charge in [0.05, 0.1) is 0 Å². The molecule has 0 radical (unpaired) electrons. The molecule has 0 aromatic carbocycles. The Morgan fingerprint density at radius 1 is 1.07 bits per heavy atom. The second-order valence-electron chi connectivity index (χ2n) is 3.30. The van der Waals surface area contributed by atoms with Crippen molar-refractivity contribution in [2.45, 2.75) is 54.9 Å². The lowest BCUT2D eigenvalue weighted by Gasteiger charge is -2.23. The van der Waals surface area contributed by atoms with Gasteiger partial charge in [0, 0.05) is 0 Å². The molecule has 0 nitrogen and oxygen atoms in total. The highest BCUT2D eigenvalue weighted by Gasteiger charge is 2.17. The summed E-state index contributed by atoms with van der Waals surface area (Å²) in [5, 5.41) is 0. The lowest BCUT2D eigenvalue weighted by atomic mass is 9.81. The number of hydrogen-bond acceptors (Lipinski definition) is 0. The van der Waals surface area contributed by atoms with Crippen molar-refractivity contribution < 1.29 is 0 Å². The first-order valence-electron chi connectivity index (χ1n) is 6.04. The van der Waals surface area contributed by atoms with Crippen molar-refractivity contribution in [3.05, 3.63) is 37.0 Å². The molecule has 0 atom stereocenters. The van der Waals surface area contributed by atoms with Crippen molar-refractivity contribution in [3.8, 4) is 0 Å². The van der Waals surface area contributed by atoms with Gasteiger partial charge in [0.1, 0.15) is 0 Å². The Balaban J connectivity index is -0.000000318. The van der Waals surface area contributed by atoms with E-state index >= 15 is 0 Å². The molecule has 0 bridgehead atoms. The predicted octanol–water partition coefficient (Wildman–Crippen LogP) is 5.77. The quantitative estimate of drug-likeness (QED) is 0.516. The molecule has 0 unspecified atom stereocenters.